The first-order valence-corrected chi connectivity index (χ1v) is 8.01. The van der Waals surface area contributed by atoms with Crippen LogP contribution in [0.5, 0.6) is 0 Å². The van der Waals surface area contributed by atoms with Crippen LogP contribution in [0.15, 0.2) is 48.5 Å². The van der Waals surface area contributed by atoms with Gasteiger partial charge in [-0.3, -0.25) is 0 Å². The van der Waals surface area contributed by atoms with Crippen molar-refractivity contribution in [2.45, 2.75) is 6.54 Å². The number of para-hydroxylation sites is 1. The summed E-state index contributed by atoms with van der Waals surface area (Å²) in [6.45, 7) is 0.467. The van der Waals surface area contributed by atoms with Crippen LogP contribution in [0.25, 0.3) is 0 Å². The molecule has 1 aliphatic heterocycles. The number of hydrogen-bond acceptors (Lipinski definition) is 3. The van der Waals surface area contributed by atoms with E-state index in [1.807, 2.05) is 30.3 Å². The molecule has 0 spiro atoms. The fourth-order valence-electron chi connectivity index (χ4n) is 2.15. The molecule has 1 heterocycles. The van der Waals surface area contributed by atoms with Gasteiger partial charge in [-0.2, -0.15) is 0 Å². The average Bonchev–Trinajstić information content (AvgIpc) is 2.77. The van der Waals surface area contributed by atoms with Gasteiger partial charge in [-0.1, -0.05) is 0 Å². The molecule has 19 heavy (non-hydrogen) atoms. The molecule has 0 amide bonds. The summed E-state index contributed by atoms with van der Waals surface area (Å²) in [7, 11) is 0. The molecule has 0 saturated carbocycles. The second-order valence-electron chi connectivity index (χ2n) is 4.14. The molecule has 0 fully saturated rings. The summed E-state index contributed by atoms with van der Waals surface area (Å²) >= 11 is -2.59. The fraction of sp³-hybridized carbons (Fsp3) is 0.0769. The molecular weight excluding hydrogens is 311 g/mol. The van der Waals surface area contributed by atoms with Crippen LogP contribution in [0.3, 0.4) is 0 Å². The SMILES string of the molecule is O=[N+]([O-])c1cccc2c1[Se](=O)N(c1ccccc1)C2. The van der Waals surface area contributed by atoms with E-state index in [2.05, 4.69) is 0 Å². The van der Waals surface area contributed by atoms with Gasteiger partial charge in [0.2, 0.25) is 0 Å². The molecule has 5 nitrogen and oxygen atoms in total. The van der Waals surface area contributed by atoms with E-state index in [-0.39, 0.29) is 5.69 Å². The molecule has 1 aliphatic rings. The molecule has 0 bridgehead atoms. The van der Waals surface area contributed by atoms with Crippen LogP contribution in [-0.2, 0) is 10.4 Å². The van der Waals surface area contributed by atoms with E-state index in [0.717, 1.165) is 11.3 Å². The monoisotopic (exact) mass is 322 g/mol. The number of nitro groups is 1. The summed E-state index contributed by atoms with van der Waals surface area (Å²) in [5, 5.41) is 11.0. The molecule has 1 unspecified atom stereocenters. The Morgan fingerprint density at radius 1 is 1.11 bits per heavy atom. The van der Waals surface area contributed by atoms with Crippen molar-refractivity contribution in [3.63, 3.8) is 0 Å². The number of hydrogen-bond donors (Lipinski definition) is 0. The summed E-state index contributed by atoms with van der Waals surface area (Å²) in [5.74, 6) is 0. The second kappa shape index (κ2) is 4.57. The van der Waals surface area contributed by atoms with E-state index >= 15 is 0 Å². The molecule has 6 heteroatoms. The Labute approximate surface area is 113 Å². The van der Waals surface area contributed by atoms with Crippen molar-refractivity contribution < 1.29 is 8.76 Å². The van der Waals surface area contributed by atoms with E-state index < -0.39 is 19.0 Å². The van der Waals surface area contributed by atoms with Gasteiger partial charge in [0.05, 0.1) is 0 Å². The molecule has 1 atom stereocenters. The topological polar surface area (TPSA) is 63.5 Å². The molecule has 3 rings (SSSR count). The van der Waals surface area contributed by atoms with Gasteiger partial charge in [-0.05, 0) is 0 Å². The average molecular weight is 321 g/mol. The Hall–Kier alpha value is -2.04. The van der Waals surface area contributed by atoms with Crippen LogP contribution in [0, 0.1) is 10.1 Å². The van der Waals surface area contributed by atoms with E-state index in [0.29, 0.717) is 11.0 Å². The molecule has 2 aromatic rings. The maximum absolute atomic E-state index is 12.6. The van der Waals surface area contributed by atoms with Gasteiger partial charge >= 0.3 is 113 Å². The Morgan fingerprint density at radius 2 is 1.84 bits per heavy atom. The van der Waals surface area contributed by atoms with E-state index in [9.17, 15) is 13.9 Å². The van der Waals surface area contributed by atoms with Gasteiger partial charge in [-0.15, -0.1) is 0 Å². The maximum atomic E-state index is 12.6. The number of rotatable bonds is 2. The zero-order valence-corrected chi connectivity index (χ0v) is 11.6. The number of nitrogens with zero attached hydrogens (tertiary/aromatic N) is 2. The first kappa shape index (κ1) is 12.0. The van der Waals surface area contributed by atoms with Gasteiger partial charge in [-0.25, -0.2) is 0 Å². The number of anilines is 1. The zero-order valence-electron chi connectivity index (χ0n) is 9.85. The zero-order chi connectivity index (χ0) is 13.4. The minimum absolute atomic E-state index is 0.0315. The molecule has 96 valence electrons. The molecule has 0 saturated heterocycles. The van der Waals surface area contributed by atoms with Gasteiger partial charge in [0.1, 0.15) is 0 Å². The van der Waals surface area contributed by atoms with Gasteiger partial charge in [0, 0.05) is 0 Å². The first-order chi connectivity index (χ1) is 9.18. The van der Waals surface area contributed by atoms with Crippen molar-refractivity contribution in [3.05, 3.63) is 64.2 Å². The number of fused-ring (bicyclic) bond motifs is 1. The summed E-state index contributed by atoms with van der Waals surface area (Å²) in [6.07, 6.45) is 0. The standard InChI is InChI=1S/C13H10N2O3Se/c16-15(17)12-8-4-5-10-9-14(19(18)13(10)12)11-6-2-1-3-7-11/h1-8H,9H2. The van der Waals surface area contributed by atoms with Gasteiger partial charge < -0.3 is 0 Å². The van der Waals surface area contributed by atoms with Crippen molar-refractivity contribution in [3.8, 4) is 0 Å². The third-order valence-corrected chi connectivity index (χ3v) is 6.28. The van der Waals surface area contributed by atoms with Crippen LogP contribution >= 0.6 is 0 Å². The number of benzene rings is 2. The predicted octanol–water partition coefficient (Wildman–Crippen LogP) is 1.74. The Balaban J connectivity index is 2.08. The first-order valence-electron chi connectivity index (χ1n) is 5.69. The summed E-state index contributed by atoms with van der Waals surface area (Å²) in [5.41, 5.74) is 1.60. The van der Waals surface area contributed by atoms with Gasteiger partial charge in [0.15, 0.2) is 0 Å². The second-order valence-corrected chi connectivity index (χ2v) is 6.97. The molecule has 2 aromatic carbocycles. The number of nitro benzene ring substituents is 1. The summed E-state index contributed by atoms with van der Waals surface area (Å²) < 4.78 is 14.7. The predicted molar refractivity (Wildman–Crippen MR) is 71.8 cm³/mol. The van der Waals surface area contributed by atoms with Crippen molar-refractivity contribution >= 4 is 29.9 Å². The quantitative estimate of drug-likeness (QED) is 0.480. The van der Waals surface area contributed by atoms with E-state index in [4.69, 9.17) is 0 Å². The van der Waals surface area contributed by atoms with Gasteiger partial charge in [0.25, 0.3) is 0 Å². The van der Waals surface area contributed by atoms with Crippen LogP contribution < -0.4 is 8.38 Å². The summed E-state index contributed by atoms with van der Waals surface area (Å²) in [4.78, 5) is 10.6. The Morgan fingerprint density at radius 3 is 2.53 bits per heavy atom. The van der Waals surface area contributed by atoms with Crippen LogP contribution in [0.4, 0.5) is 11.4 Å². The third kappa shape index (κ3) is 1.95. The molecule has 0 aliphatic carbocycles. The van der Waals surface area contributed by atoms with E-state index in [1.54, 1.807) is 16.0 Å². The van der Waals surface area contributed by atoms with Crippen LogP contribution in [0.1, 0.15) is 5.56 Å². The molecule has 0 N–H and O–H groups in total. The van der Waals surface area contributed by atoms with Crippen molar-refractivity contribution in [2.24, 2.45) is 0 Å². The fourth-order valence-corrected chi connectivity index (χ4v) is 5.23. The minimum atomic E-state index is -2.59. The Kier molecular flexibility index (Phi) is 2.89. The van der Waals surface area contributed by atoms with Crippen molar-refractivity contribution in [1.29, 1.82) is 0 Å². The molecule has 0 aromatic heterocycles. The van der Waals surface area contributed by atoms with Crippen molar-refractivity contribution in [2.75, 3.05) is 3.92 Å². The summed E-state index contributed by atoms with van der Waals surface area (Å²) in [6, 6.07) is 14.2. The molecule has 0 radical (unpaired) electrons. The van der Waals surface area contributed by atoms with Crippen LogP contribution in [0.2, 0.25) is 0 Å². The van der Waals surface area contributed by atoms with E-state index in [1.165, 1.54) is 6.07 Å². The molecular formula is C13H10N2O3Se. The van der Waals surface area contributed by atoms with Crippen molar-refractivity contribution in [1.82, 2.24) is 0 Å². The normalized spacial score (nSPS) is 17.3. The Bertz CT molecular complexity index is 673. The van der Waals surface area contributed by atoms with Crippen LogP contribution in [-0.4, -0.2) is 19.0 Å². The third-order valence-electron chi connectivity index (χ3n) is 3.01.